The highest BCUT2D eigenvalue weighted by Gasteiger charge is 2.22. The van der Waals surface area contributed by atoms with Crippen molar-refractivity contribution in [1.29, 1.82) is 0 Å². The van der Waals surface area contributed by atoms with Crippen LogP contribution in [0.3, 0.4) is 0 Å². The van der Waals surface area contributed by atoms with Crippen LogP contribution in [0.1, 0.15) is 19.4 Å². The molecule has 1 aliphatic rings. The Morgan fingerprint density at radius 3 is 2.65 bits per heavy atom. The summed E-state index contributed by atoms with van der Waals surface area (Å²) in [6.45, 7) is 6.35. The fourth-order valence-corrected chi connectivity index (χ4v) is 4.61. The van der Waals surface area contributed by atoms with E-state index in [4.69, 9.17) is 0 Å². The Bertz CT molecular complexity index is 1000. The molecule has 2 aromatic carbocycles. The molecule has 0 saturated carbocycles. The smallest absolute Gasteiger partial charge is 0.213 e. The van der Waals surface area contributed by atoms with Crippen LogP contribution in [0.15, 0.2) is 82.9 Å². The Labute approximate surface area is 159 Å². The molecule has 0 amide bonds. The third-order valence-corrected chi connectivity index (χ3v) is 5.90. The van der Waals surface area contributed by atoms with Crippen LogP contribution in [0.4, 0.5) is 5.69 Å². The molecule has 2 heterocycles. The number of thioether (sulfide) groups is 1. The lowest BCUT2D eigenvalue weighted by atomic mass is 10.1. The first-order chi connectivity index (χ1) is 12.8. The van der Waals surface area contributed by atoms with Crippen LogP contribution in [0, 0.1) is 0 Å². The van der Waals surface area contributed by atoms with E-state index in [2.05, 4.69) is 102 Å². The van der Waals surface area contributed by atoms with Crippen LogP contribution in [0.25, 0.3) is 17.0 Å². The molecular weight excluding hydrogens is 336 g/mol. The number of rotatable bonds is 4. The topological polar surface area (TPSA) is 7.12 Å². The summed E-state index contributed by atoms with van der Waals surface area (Å²) in [6.07, 6.45) is 8.79. The molecule has 0 saturated heterocycles. The van der Waals surface area contributed by atoms with Crippen LogP contribution in [-0.4, -0.2) is 6.54 Å². The SMILES string of the molecule is CCN1C(=CC=Cc2cc[n+](CC)c3ccccc23)Sc2ccccc21. The Morgan fingerprint density at radius 1 is 1.00 bits per heavy atom. The minimum atomic E-state index is 0.981. The molecule has 1 aliphatic heterocycles. The average Bonchev–Trinajstić information content (AvgIpc) is 3.05. The molecule has 130 valence electrons. The largest absolute Gasteiger partial charge is 0.335 e. The minimum absolute atomic E-state index is 0.981. The molecule has 0 fully saturated rings. The predicted octanol–water partition coefficient (Wildman–Crippen LogP) is 5.63. The minimum Gasteiger partial charge on any atom is -0.335 e. The van der Waals surface area contributed by atoms with Gasteiger partial charge in [0, 0.05) is 23.6 Å². The third-order valence-electron chi connectivity index (χ3n) is 4.77. The van der Waals surface area contributed by atoms with Gasteiger partial charge in [-0.1, -0.05) is 48.2 Å². The number of aryl methyl sites for hydroxylation is 1. The van der Waals surface area contributed by atoms with E-state index in [9.17, 15) is 0 Å². The number of hydrogen-bond donors (Lipinski definition) is 0. The molecule has 2 nitrogen and oxygen atoms in total. The van der Waals surface area contributed by atoms with Crippen LogP contribution in [0.2, 0.25) is 0 Å². The molecule has 0 N–H and O–H groups in total. The molecule has 0 radical (unpaired) electrons. The number of hydrogen-bond acceptors (Lipinski definition) is 2. The summed E-state index contributed by atoms with van der Waals surface area (Å²) in [4.78, 5) is 3.71. The maximum absolute atomic E-state index is 2.37. The quantitative estimate of drug-likeness (QED) is 0.557. The van der Waals surface area contributed by atoms with Crippen LogP contribution < -0.4 is 9.47 Å². The second-order valence-corrected chi connectivity index (χ2v) is 7.31. The first-order valence-electron chi connectivity index (χ1n) is 9.15. The molecule has 1 aromatic heterocycles. The van der Waals surface area contributed by atoms with E-state index in [1.807, 2.05) is 11.8 Å². The molecule has 0 unspecified atom stereocenters. The van der Waals surface area contributed by atoms with Crippen LogP contribution in [-0.2, 0) is 6.54 Å². The molecule has 3 aromatic rings. The van der Waals surface area contributed by atoms with Gasteiger partial charge >= 0.3 is 0 Å². The molecule has 0 atom stereocenters. The van der Waals surface area contributed by atoms with Crippen LogP contribution >= 0.6 is 11.8 Å². The second kappa shape index (κ2) is 7.38. The van der Waals surface area contributed by atoms with E-state index < -0.39 is 0 Å². The van der Waals surface area contributed by atoms with Gasteiger partial charge in [0.2, 0.25) is 5.52 Å². The van der Waals surface area contributed by atoms with E-state index in [1.54, 1.807) is 0 Å². The zero-order valence-electron chi connectivity index (χ0n) is 15.2. The molecule has 0 aliphatic carbocycles. The van der Waals surface area contributed by atoms with Gasteiger partial charge in [-0.05, 0) is 43.7 Å². The van der Waals surface area contributed by atoms with Crippen molar-refractivity contribution in [3.05, 3.63) is 83.5 Å². The molecule has 4 rings (SSSR count). The van der Waals surface area contributed by atoms with Gasteiger partial charge in [-0.15, -0.1) is 0 Å². The van der Waals surface area contributed by atoms with Gasteiger partial charge in [-0.25, -0.2) is 0 Å². The molecular formula is C23H23N2S+. The fraction of sp³-hybridized carbons (Fsp3) is 0.174. The number of pyridine rings is 1. The number of anilines is 1. The van der Waals surface area contributed by atoms with Gasteiger partial charge in [-0.3, -0.25) is 0 Å². The van der Waals surface area contributed by atoms with Crippen molar-refractivity contribution in [1.82, 2.24) is 0 Å². The normalized spacial score (nSPS) is 15.3. The number of aromatic nitrogens is 1. The van der Waals surface area contributed by atoms with E-state index in [0.29, 0.717) is 0 Å². The summed E-state index contributed by atoms with van der Waals surface area (Å²) in [5, 5.41) is 2.58. The Hall–Kier alpha value is -2.52. The van der Waals surface area contributed by atoms with E-state index in [0.717, 1.165) is 13.1 Å². The highest BCUT2D eigenvalue weighted by molar-refractivity contribution is 8.03. The van der Waals surface area contributed by atoms with Crippen molar-refractivity contribution in [3.8, 4) is 0 Å². The summed E-state index contributed by atoms with van der Waals surface area (Å²) in [5.74, 6) is 0. The second-order valence-electron chi connectivity index (χ2n) is 6.25. The lowest BCUT2D eigenvalue weighted by Crippen LogP contribution is -2.32. The van der Waals surface area contributed by atoms with E-state index in [1.165, 1.54) is 32.1 Å². The predicted molar refractivity (Wildman–Crippen MR) is 112 cm³/mol. The fourth-order valence-electron chi connectivity index (χ4n) is 3.47. The number of para-hydroxylation sites is 2. The number of fused-ring (bicyclic) bond motifs is 2. The highest BCUT2D eigenvalue weighted by Crippen LogP contribution is 2.45. The average molecular weight is 360 g/mol. The van der Waals surface area contributed by atoms with E-state index in [-0.39, 0.29) is 0 Å². The standard InChI is InChI=1S/C23H23N2S/c1-3-24-17-16-18(19-11-5-6-12-20(19)24)10-9-15-23-25(4-2)21-13-7-8-14-22(21)26-23/h5-17H,3-4H2,1-2H3/q+1. The zero-order chi connectivity index (χ0) is 17.9. The number of benzene rings is 2. The first-order valence-corrected chi connectivity index (χ1v) is 9.97. The number of allylic oxidation sites excluding steroid dienone is 2. The molecule has 26 heavy (non-hydrogen) atoms. The van der Waals surface area contributed by atoms with Gasteiger partial charge in [-0.2, -0.15) is 4.57 Å². The van der Waals surface area contributed by atoms with Crippen LogP contribution in [0.5, 0.6) is 0 Å². The van der Waals surface area contributed by atoms with Crippen molar-refractivity contribution in [2.45, 2.75) is 25.3 Å². The molecule has 3 heteroatoms. The highest BCUT2D eigenvalue weighted by atomic mass is 32.2. The number of nitrogens with zero attached hydrogens (tertiary/aromatic N) is 2. The molecule has 0 bridgehead atoms. The zero-order valence-corrected chi connectivity index (χ0v) is 16.0. The summed E-state index contributed by atoms with van der Waals surface area (Å²) in [6, 6.07) is 19.4. The van der Waals surface area contributed by atoms with Crippen molar-refractivity contribution in [3.63, 3.8) is 0 Å². The summed E-state index contributed by atoms with van der Waals surface area (Å²) in [5.41, 5.74) is 3.85. The van der Waals surface area contributed by atoms with Crippen molar-refractivity contribution >= 4 is 34.4 Å². The van der Waals surface area contributed by atoms with Gasteiger partial charge in [0.1, 0.15) is 6.54 Å². The summed E-state index contributed by atoms with van der Waals surface area (Å²) >= 11 is 1.85. The maximum Gasteiger partial charge on any atom is 0.213 e. The lowest BCUT2D eigenvalue weighted by molar-refractivity contribution is -0.667. The Morgan fingerprint density at radius 2 is 1.81 bits per heavy atom. The third kappa shape index (κ3) is 3.04. The van der Waals surface area contributed by atoms with Gasteiger partial charge in [0.25, 0.3) is 0 Å². The Kier molecular flexibility index (Phi) is 4.81. The van der Waals surface area contributed by atoms with Gasteiger partial charge in [0.05, 0.1) is 16.1 Å². The van der Waals surface area contributed by atoms with Gasteiger partial charge < -0.3 is 4.90 Å². The Balaban J connectivity index is 1.66. The lowest BCUT2D eigenvalue weighted by Gasteiger charge is -2.17. The summed E-state index contributed by atoms with van der Waals surface area (Å²) in [7, 11) is 0. The van der Waals surface area contributed by atoms with Gasteiger partial charge in [0.15, 0.2) is 6.20 Å². The maximum atomic E-state index is 2.37. The summed E-state index contributed by atoms with van der Waals surface area (Å²) < 4.78 is 2.29. The monoisotopic (exact) mass is 359 g/mol. The molecule has 0 spiro atoms. The first kappa shape index (κ1) is 16.9. The van der Waals surface area contributed by atoms with Crippen molar-refractivity contribution < 1.29 is 4.57 Å². The van der Waals surface area contributed by atoms with E-state index >= 15 is 0 Å². The van der Waals surface area contributed by atoms with Crippen molar-refractivity contribution in [2.75, 3.05) is 11.4 Å². The van der Waals surface area contributed by atoms with Crippen molar-refractivity contribution in [2.24, 2.45) is 0 Å².